The van der Waals surface area contributed by atoms with Crippen LogP contribution >= 0.6 is 0 Å². The zero-order chi connectivity index (χ0) is 18.7. The molecule has 1 heterocycles. The van der Waals surface area contributed by atoms with Crippen molar-refractivity contribution in [3.8, 4) is 6.07 Å². The van der Waals surface area contributed by atoms with Crippen LogP contribution in [0.25, 0.3) is 0 Å². The molecule has 1 aliphatic heterocycles. The SMILES string of the molecule is CC1CC(C#N)N(C(=O)CNC(=O)C(CC2CC2)NC(=O)NC2CC2)C1. The van der Waals surface area contributed by atoms with Crippen LogP contribution in [0.4, 0.5) is 4.79 Å². The lowest BCUT2D eigenvalue weighted by Gasteiger charge is -2.22. The van der Waals surface area contributed by atoms with Gasteiger partial charge in [0.1, 0.15) is 12.1 Å². The number of nitrogens with one attached hydrogen (secondary N) is 3. The summed E-state index contributed by atoms with van der Waals surface area (Å²) in [6.07, 6.45) is 5.38. The molecule has 3 atom stereocenters. The maximum Gasteiger partial charge on any atom is 0.315 e. The molecule has 0 spiro atoms. The van der Waals surface area contributed by atoms with Gasteiger partial charge in [-0.3, -0.25) is 9.59 Å². The van der Waals surface area contributed by atoms with Crippen LogP contribution in [-0.4, -0.2) is 54.0 Å². The first-order valence-electron chi connectivity index (χ1n) is 9.50. The third kappa shape index (κ3) is 5.10. The van der Waals surface area contributed by atoms with Crippen LogP contribution in [0.1, 0.15) is 45.4 Å². The summed E-state index contributed by atoms with van der Waals surface area (Å²) < 4.78 is 0. The molecule has 8 nitrogen and oxygen atoms in total. The summed E-state index contributed by atoms with van der Waals surface area (Å²) in [6, 6.07) is 1.01. The summed E-state index contributed by atoms with van der Waals surface area (Å²) in [5.41, 5.74) is 0. The monoisotopic (exact) mass is 361 g/mol. The van der Waals surface area contributed by atoms with E-state index < -0.39 is 12.1 Å². The predicted octanol–water partition coefficient (Wildman–Crippen LogP) is 0.493. The molecule has 3 aliphatic rings. The van der Waals surface area contributed by atoms with Gasteiger partial charge in [0.15, 0.2) is 0 Å². The standard InChI is InChI=1S/C18H27N5O3/c1-11-6-14(8-19)23(10-11)16(24)9-20-17(25)15(7-12-2-3-12)22-18(26)21-13-4-5-13/h11-15H,2-7,9-10H2,1H3,(H,20,25)(H2,21,22,26). The Morgan fingerprint density at radius 2 is 1.96 bits per heavy atom. The van der Waals surface area contributed by atoms with Gasteiger partial charge in [-0.15, -0.1) is 0 Å². The summed E-state index contributed by atoms with van der Waals surface area (Å²) >= 11 is 0. The molecular formula is C18H27N5O3. The van der Waals surface area contributed by atoms with Gasteiger partial charge < -0.3 is 20.9 Å². The topological polar surface area (TPSA) is 114 Å². The predicted molar refractivity (Wildman–Crippen MR) is 93.7 cm³/mol. The average Bonchev–Trinajstić information content (AvgIpc) is 3.53. The van der Waals surface area contributed by atoms with Crippen LogP contribution in [0.3, 0.4) is 0 Å². The van der Waals surface area contributed by atoms with E-state index in [2.05, 4.69) is 22.0 Å². The number of amides is 4. The van der Waals surface area contributed by atoms with E-state index in [-0.39, 0.29) is 36.3 Å². The molecular weight excluding hydrogens is 334 g/mol. The zero-order valence-corrected chi connectivity index (χ0v) is 15.2. The normalized spacial score (nSPS) is 25.9. The number of hydrogen-bond donors (Lipinski definition) is 3. The maximum absolute atomic E-state index is 12.5. The summed E-state index contributed by atoms with van der Waals surface area (Å²) in [6.45, 7) is 2.40. The Labute approximate surface area is 153 Å². The van der Waals surface area contributed by atoms with Gasteiger partial charge >= 0.3 is 6.03 Å². The van der Waals surface area contributed by atoms with Gasteiger partial charge in [0.05, 0.1) is 12.6 Å². The number of urea groups is 1. The van der Waals surface area contributed by atoms with Gasteiger partial charge in [0.2, 0.25) is 11.8 Å². The van der Waals surface area contributed by atoms with Crippen LogP contribution < -0.4 is 16.0 Å². The van der Waals surface area contributed by atoms with E-state index in [9.17, 15) is 14.4 Å². The molecule has 142 valence electrons. The number of carbonyl (C=O) groups is 3. The number of carbonyl (C=O) groups excluding carboxylic acids is 3. The van der Waals surface area contributed by atoms with E-state index in [0.717, 1.165) is 25.7 Å². The highest BCUT2D eigenvalue weighted by Gasteiger charge is 2.34. The van der Waals surface area contributed by atoms with Crippen LogP contribution in [0.5, 0.6) is 0 Å². The molecule has 3 rings (SSSR count). The fraction of sp³-hybridized carbons (Fsp3) is 0.778. The van der Waals surface area contributed by atoms with Crippen molar-refractivity contribution in [3.05, 3.63) is 0 Å². The van der Waals surface area contributed by atoms with E-state index in [1.807, 2.05) is 6.92 Å². The van der Waals surface area contributed by atoms with Crippen molar-refractivity contribution in [2.75, 3.05) is 13.1 Å². The Hall–Kier alpha value is -2.30. The highest BCUT2D eigenvalue weighted by atomic mass is 16.2. The Kier molecular flexibility index (Phi) is 5.64. The minimum atomic E-state index is -0.627. The number of hydrogen-bond acceptors (Lipinski definition) is 4. The molecule has 3 N–H and O–H groups in total. The number of nitriles is 1. The highest BCUT2D eigenvalue weighted by Crippen LogP contribution is 2.33. The Morgan fingerprint density at radius 1 is 1.23 bits per heavy atom. The van der Waals surface area contributed by atoms with Gasteiger partial charge in [-0.1, -0.05) is 19.8 Å². The fourth-order valence-corrected chi connectivity index (χ4v) is 3.36. The summed E-state index contributed by atoms with van der Waals surface area (Å²) in [7, 11) is 0. The average molecular weight is 361 g/mol. The summed E-state index contributed by atoms with van der Waals surface area (Å²) in [5, 5.41) is 17.4. The summed E-state index contributed by atoms with van der Waals surface area (Å²) in [5.74, 6) is 0.165. The van der Waals surface area contributed by atoms with Crippen molar-refractivity contribution in [1.82, 2.24) is 20.9 Å². The quantitative estimate of drug-likeness (QED) is 0.612. The van der Waals surface area contributed by atoms with E-state index in [1.165, 1.54) is 4.90 Å². The maximum atomic E-state index is 12.5. The third-order valence-electron chi connectivity index (χ3n) is 5.19. The summed E-state index contributed by atoms with van der Waals surface area (Å²) in [4.78, 5) is 38.3. The molecule has 0 aromatic carbocycles. The van der Waals surface area contributed by atoms with Gasteiger partial charge in [0.25, 0.3) is 0 Å². The van der Waals surface area contributed by atoms with Gasteiger partial charge in [-0.25, -0.2) is 4.79 Å². The largest absolute Gasteiger partial charge is 0.345 e. The lowest BCUT2D eigenvalue weighted by Crippen LogP contribution is -2.52. The molecule has 3 fully saturated rings. The molecule has 4 amide bonds. The lowest BCUT2D eigenvalue weighted by atomic mass is 10.1. The molecule has 26 heavy (non-hydrogen) atoms. The van der Waals surface area contributed by atoms with E-state index in [0.29, 0.717) is 25.3 Å². The first-order chi connectivity index (χ1) is 12.5. The van der Waals surface area contributed by atoms with Crippen LogP contribution in [-0.2, 0) is 9.59 Å². The zero-order valence-electron chi connectivity index (χ0n) is 15.2. The molecule has 2 saturated carbocycles. The van der Waals surface area contributed by atoms with Crippen molar-refractivity contribution in [2.45, 2.75) is 63.6 Å². The number of nitrogens with zero attached hydrogens (tertiary/aromatic N) is 2. The molecule has 1 saturated heterocycles. The first kappa shape index (κ1) is 18.5. The molecule has 3 unspecified atom stereocenters. The van der Waals surface area contributed by atoms with E-state index in [1.54, 1.807) is 0 Å². The Bertz CT molecular complexity index is 608. The van der Waals surface area contributed by atoms with Crippen LogP contribution in [0.2, 0.25) is 0 Å². The van der Waals surface area contributed by atoms with Crippen molar-refractivity contribution >= 4 is 17.8 Å². The second-order valence-electron chi connectivity index (χ2n) is 7.87. The van der Waals surface area contributed by atoms with E-state index in [4.69, 9.17) is 5.26 Å². The van der Waals surface area contributed by atoms with E-state index >= 15 is 0 Å². The molecule has 2 aliphatic carbocycles. The van der Waals surface area contributed by atoms with Crippen molar-refractivity contribution in [3.63, 3.8) is 0 Å². The van der Waals surface area contributed by atoms with Crippen LogP contribution in [0.15, 0.2) is 0 Å². The van der Waals surface area contributed by atoms with Crippen molar-refractivity contribution in [2.24, 2.45) is 11.8 Å². The highest BCUT2D eigenvalue weighted by molar-refractivity contribution is 5.90. The smallest absolute Gasteiger partial charge is 0.315 e. The molecule has 8 heteroatoms. The molecule has 0 aromatic heterocycles. The molecule has 0 bridgehead atoms. The van der Waals surface area contributed by atoms with Gasteiger partial charge in [-0.05, 0) is 37.5 Å². The van der Waals surface area contributed by atoms with Gasteiger partial charge in [0, 0.05) is 12.6 Å². The fourth-order valence-electron chi connectivity index (χ4n) is 3.36. The lowest BCUT2D eigenvalue weighted by molar-refractivity contribution is -0.133. The number of rotatable bonds is 7. The van der Waals surface area contributed by atoms with Crippen molar-refractivity contribution in [1.29, 1.82) is 5.26 Å². The van der Waals surface area contributed by atoms with Crippen LogP contribution in [0, 0.1) is 23.2 Å². The minimum absolute atomic E-state index is 0.142. The Balaban J connectivity index is 1.49. The van der Waals surface area contributed by atoms with Gasteiger partial charge in [-0.2, -0.15) is 5.26 Å². The molecule has 0 aromatic rings. The second-order valence-corrected chi connectivity index (χ2v) is 7.87. The Morgan fingerprint density at radius 3 is 2.58 bits per heavy atom. The molecule has 0 radical (unpaired) electrons. The second kappa shape index (κ2) is 7.94. The first-order valence-corrected chi connectivity index (χ1v) is 9.50. The number of likely N-dealkylation sites (tertiary alicyclic amines) is 1. The third-order valence-corrected chi connectivity index (χ3v) is 5.19. The minimum Gasteiger partial charge on any atom is -0.345 e. The van der Waals surface area contributed by atoms with Crippen molar-refractivity contribution < 1.29 is 14.4 Å².